The molecule has 2 rings (SSSR count). The number of carbonyl (C=O) groups is 1. The third kappa shape index (κ3) is 5.50. The van der Waals surface area contributed by atoms with Gasteiger partial charge in [0, 0.05) is 19.5 Å². The third-order valence-corrected chi connectivity index (χ3v) is 3.64. The van der Waals surface area contributed by atoms with Crippen molar-refractivity contribution in [3.8, 4) is 11.5 Å². The molecule has 0 unspecified atom stereocenters. The normalized spacial score (nSPS) is 10.1. The summed E-state index contributed by atoms with van der Waals surface area (Å²) in [5, 5.41) is 6.15. The minimum atomic E-state index is 0.0281. The predicted octanol–water partition coefficient (Wildman–Crippen LogP) is 2.86. The van der Waals surface area contributed by atoms with E-state index < -0.39 is 0 Å². The van der Waals surface area contributed by atoms with Crippen LogP contribution in [-0.4, -0.2) is 33.2 Å². The minimum absolute atomic E-state index is 0.0281. The Kier molecular flexibility index (Phi) is 6.95. The molecule has 5 heteroatoms. The summed E-state index contributed by atoms with van der Waals surface area (Å²) in [4.78, 5) is 11.9. The van der Waals surface area contributed by atoms with Crippen LogP contribution in [0.15, 0.2) is 48.5 Å². The van der Waals surface area contributed by atoms with Crippen LogP contribution in [-0.2, 0) is 11.2 Å². The second-order valence-electron chi connectivity index (χ2n) is 5.33. The third-order valence-electron chi connectivity index (χ3n) is 3.64. The fourth-order valence-corrected chi connectivity index (χ4v) is 2.36. The maximum atomic E-state index is 11.9. The highest BCUT2D eigenvalue weighted by atomic mass is 16.5. The highest BCUT2D eigenvalue weighted by Gasteiger charge is 2.04. The summed E-state index contributed by atoms with van der Waals surface area (Å²) in [6.07, 6.45) is 1.19. The first-order valence-corrected chi connectivity index (χ1v) is 7.99. The molecule has 0 saturated heterocycles. The molecular weight excluding hydrogens is 304 g/mol. The molecule has 0 radical (unpaired) electrons. The monoisotopic (exact) mass is 328 g/mol. The van der Waals surface area contributed by atoms with Gasteiger partial charge in [0.15, 0.2) is 0 Å². The van der Waals surface area contributed by atoms with E-state index in [4.69, 9.17) is 9.47 Å². The highest BCUT2D eigenvalue weighted by Crippen LogP contribution is 2.22. The predicted molar refractivity (Wildman–Crippen MR) is 95.8 cm³/mol. The van der Waals surface area contributed by atoms with Gasteiger partial charge in [-0.25, -0.2) is 0 Å². The van der Waals surface area contributed by atoms with Gasteiger partial charge in [0.1, 0.15) is 11.5 Å². The second kappa shape index (κ2) is 9.45. The number of anilines is 1. The molecule has 2 aromatic carbocycles. The Hall–Kier alpha value is -2.69. The van der Waals surface area contributed by atoms with E-state index in [1.807, 2.05) is 48.5 Å². The molecule has 24 heavy (non-hydrogen) atoms. The number of hydrogen-bond acceptors (Lipinski definition) is 4. The first-order chi connectivity index (χ1) is 11.7. The van der Waals surface area contributed by atoms with Crippen LogP contribution in [0.1, 0.15) is 12.0 Å². The summed E-state index contributed by atoms with van der Waals surface area (Å²) >= 11 is 0. The summed E-state index contributed by atoms with van der Waals surface area (Å²) in [6, 6.07) is 15.5. The fraction of sp³-hybridized carbons (Fsp3) is 0.316. The van der Waals surface area contributed by atoms with Gasteiger partial charge in [-0.05, 0) is 36.2 Å². The van der Waals surface area contributed by atoms with Crippen molar-refractivity contribution in [2.24, 2.45) is 0 Å². The van der Waals surface area contributed by atoms with Crippen LogP contribution in [0.5, 0.6) is 11.5 Å². The van der Waals surface area contributed by atoms with Gasteiger partial charge in [-0.2, -0.15) is 0 Å². The van der Waals surface area contributed by atoms with Crippen LogP contribution >= 0.6 is 0 Å². The molecule has 0 aliphatic heterocycles. The van der Waals surface area contributed by atoms with Crippen molar-refractivity contribution in [3.05, 3.63) is 54.1 Å². The lowest BCUT2D eigenvalue weighted by Crippen LogP contribution is -2.27. The number of carbonyl (C=O) groups excluding carboxylic acids is 1. The van der Waals surface area contributed by atoms with Crippen molar-refractivity contribution in [3.63, 3.8) is 0 Å². The molecule has 0 atom stereocenters. The van der Waals surface area contributed by atoms with E-state index in [2.05, 4.69) is 10.6 Å². The van der Waals surface area contributed by atoms with Crippen LogP contribution in [0, 0.1) is 0 Å². The number of amides is 1. The van der Waals surface area contributed by atoms with Gasteiger partial charge < -0.3 is 20.1 Å². The summed E-state index contributed by atoms with van der Waals surface area (Å²) in [5.74, 6) is 1.64. The lowest BCUT2D eigenvalue weighted by molar-refractivity contribution is -0.120. The lowest BCUT2D eigenvalue weighted by Gasteiger charge is -2.11. The average Bonchev–Trinajstić information content (AvgIpc) is 2.62. The molecule has 0 heterocycles. The Morgan fingerprint density at radius 3 is 2.62 bits per heavy atom. The maximum absolute atomic E-state index is 11.9. The van der Waals surface area contributed by atoms with Crippen molar-refractivity contribution in [2.75, 3.05) is 32.6 Å². The Morgan fingerprint density at radius 2 is 1.83 bits per heavy atom. The van der Waals surface area contributed by atoms with E-state index in [1.54, 1.807) is 14.2 Å². The van der Waals surface area contributed by atoms with Gasteiger partial charge in [-0.3, -0.25) is 4.79 Å². The van der Waals surface area contributed by atoms with E-state index in [-0.39, 0.29) is 5.91 Å². The Balaban J connectivity index is 1.68. The Morgan fingerprint density at radius 1 is 1.00 bits per heavy atom. The van der Waals surface area contributed by atoms with Crippen molar-refractivity contribution < 1.29 is 14.3 Å². The molecule has 0 spiro atoms. The summed E-state index contributed by atoms with van der Waals surface area (Å²) in [5.41, 5.74) is 2.03. The SMILES string of the molecule is COc1cccc(CCNC(=O)CCNc2ccccc2OC)c1. The van der Waals surface area contributed by atoms with Gasteiger partial charge in [0.25, 0.3) is 0 Å². The second-order valence-corrected chi connectivity index (χ2v) is 5.33. The van der Waals surface area contributed by atoms with Gasteiger partial charge in [-0.1, -0.05) is 24.3 Å². The van der Waals surface area contributed by atoms with Crippen LogP contribution in [0.3, 0.4) is 0 Å². The van der Waals surface area contributed by atoms with Crippen molar-refractivity contribution >= 4 is 11.6 Å². The topological polar surface area (TPSA) is 59.6 Å². The van der Waals surface area contributed by atoms with Crippen molar-refractivity contribution in [1.29, 1.82) is 0 Å². The standard InChI is InChI=1S/C19H24N2O3/c1-23-16-7-5-6-15(14-16)10-12-21-19(22)11-13-20-17-8-3-4-9-18(17)24-2/h3-9,14,20H,10-13H2,1-2H3,(H,21,22). The maximum Gasteiger partial charge on any atom is 0.221 e. The molecule has 0 aliphatic carbocycles. The van der Waals surface area contributed by atoms with E-state index in [1.165, 1.54) is 0 Å². The van der Waals surface area contributed by atoms with Crippen LogP contribution in [0.4, 0.5) is 5.69 Å². The molecule has 0 bridgehead atoms. The Labute approximate surface area is 143 Å². The van der Waals surface area contributed by atoms with E-state index in [9.17, 15) is 4.79 Å². The number of para-hydroxylation sites is 2. The lowest BCUT2D eigenvalue weighted by atomic mass is 10.1. The van der Waals surface area contributed by atoms with Crippen LogP contribution in [0.25, 0.3) is 0 Å². The largest absolute Gasteiger partial charge is 0.497 e. The Bertz CT molecular complexity index is 659. The molecule has 0 aromatic heterocycles. The first kappa shape index (κ1) is 17.7. The molecule has 2 aromatic rings. The molecule has 0 saturated carbocycles. The van der Waals surface area contributed by atoms with Crippen LogP contribution in [0.2, 0.25) is 0 Å². The number of rotatable bonds is 9. The molecule has 1 amide bonds. The van der Waals surface area contributed by atoms with Crippen molar-refractivity contribution in [1.82, 2.24) is 5.32 Å². The van der Waals surface area contributed by atoms with E-state index in [0.717, 1.165) is 29.2 Å². The zero-order valence-electron chi connectivity index (χ0n) is 14.2. The van der Waals surface area contributed by atoms with E-state index >= 15 is 0 Å². The quantitative estimate of drug-likeness (QED) is 0.743. The first-order valence-electron chi connectivity index (χ1n) is 7.99. The van der Waals surface area contributed by atoms with Crippen molar-refractivity contribution in [2.45, 2.75) is 12.8 Å². The van der Waals surface area contributed by atoms with Gasteiger partial charge >= 0.3 is 0 Å². The molecular formula is C19H24N2O3. The smallest absolute Gasteiger partial charge is 0.221 e. The van der Waals surface area contributed by atoms with Gasteiger partial charge in [0.05, 0.1) is 19.9 Å². The molecule has 0 aliphatic rings. The number of ether oxygens (including phenoxy) is 2. The van der Waals surface area contributed by atoms with Crippen LogP contribution < -0.4 is 20.1 Å². The number of hydrogen-bond donors (Lipinski definition) is 2. The van der Waals surface area contributed by atoms with E-state index in [0.29, 0.717) is 19.5 Å². The number of methoxy groups -OCH3 is 2. The zero-order chi connectivity index (χ0) is 17.2. The molecule has 0 fully saturated rings. The summed E-state index contributed by atoms with van der Waals surface area (Å²) in [7, 11) is 3.28. The highest BCUT2D eigenvalue weighted by molar-refractivity contribution is 5.76. The average molecular weight is 328 g/mol. The van der Waals surface area contributed by atoms with Gasteiger partial charge in [0.2, 0.25) is 5.91 Å². The fourth-order valence-electron chi connectivity index (χ4n) is 2.36. The van der Waals surface area contributed by atoms with Gasteiger partial charge in [-0.15, -0.1) is 0 Å². The molecule has 128 valence electrons. The molecule has 5 nitrogen and oxygen atoms in total. The number of benzene rings is 2. The summed E-state index contributed by atoms with van der Waals surface area (Å²) < 4.78 is 10.5. The number of nitrogens with one attached hydrogen (secondary N) is 2. The summed E-state index contributed by atoms with van der Waals surface area (Å²) in [6.45, 7) is 1.17. The molecule has 2 N–H and O–H groups in total. The minimum Gasteiger partial charge on any atom is -0.497 e. The zero-order valence-corrected chi connectivity index (χ0v) is 14.2.